The second kappa shape index (κ2) is 7.92. The molecule has 1 fully saturated rings. The van der Waals surface area contributed by atoms with E-state index >= 15 is 0 Å². The zero-order valence-electron chi connectivity index (χ0n) is 15.9. The molecule has 2 atom stereocenters. The minimum atomic E-state index is -2.90. The molecule has 0 amide bonds. The van der Waals surface area contributed by atoms with Crippen molar-refractivity contribution in [3.63, 3.8) is 0 Å². The summed E-state index contributed by atoms with van der Waals surface area (Å²) >= 11 is 0. The molecule has 0 bridgehead atoms. The van der Waals surface area contributed by atoms with Gasteiger partial charge in [-0.05, 0) is 45.6 Å². The molecule has 142 valence electrons. The zero-order chi connectivity index (χ0) is 18.7. The number of aryl methyl sites for hydroxylation is 2. The summed E-state index contributed by atoms with van der Waals surface area (Å²) in [5, 5.41) is 8.24. The molecule has 5 nitrogen and oxygen atoms in total. The van der Waals surface area contributed by atoms with E-state index in [2.05, 4.69) is 48.5 Å². The highest BCUT2D eigenvalue weighted by molar-refractivity contribution is 7.91. The van der Waals surface area contributed by atoms with E-state index in [1.165, 1.54) is 11.1 Å². The zero-order valence-corrected chi connectivity index (χ0v) is 16.7. The number of nitrogens with zero attached hydrogens (tertiary/aromatic N) is 2. The van der Waals surface area contributed by atoms with Gasteiger partial charge in [0.25, 0.3) is 0 Å². The molecular weight excluding hydrogens is 346 g/mol. The Labute approximate surface area is 156 Å². The summed E-state index contributed by atoms with van der Waals surface area (Å²) in [6.45, 7) is 7.05. The lowest BCUT2D eigenvalue weighted by molar-refractivity contribution is 0.483. The molecule has 0 aliphatic carbocycles. The molecule has 1 aliphatic heterocycles. The Bertz CT molecular complexity index is 843. The van der Waals surface area contributed by atoms with E-state index in [-0.39, 0.29) is 17.5 Å². The van der Waals surface area contributed by atoms with Gasteiger partial charge < -0.3 is 5.32 Å². The van der Waals surface area contributed by atoms with Crippen LogP contribution in [-0.2, 0) is 22.8 Å². The number of sulfone groups is 1. The first kappa shape index (κ1) is 19.1. The highest BCUT2D eigenvalue weighted by Gasteiger charge is 2.31. The van der Waals surface area contributed by atoms with Crippen molar-refractivity contribution in [3.8, 4) is 0 Å². The SMILES string of the molecule is Cc1nn([C@@H]2CCS(=O)(=O)C2)c(C)c1CN[C@H](C)CCc1ccccc1. The van der Waals surface area contributed by atoms with Crippen LogP contribution in [0.2, 0.25) is 0 Å². The Kier molecular flexibility index (Phi) is 5.82. The third-order valence-corrected chi connectivity index (χ3v) is 7.12. The van der Waals surface area contributed by atoms with E-state index in [0.717, 1.165) is 30.8 Å². The molecule has 1 aromatic heterocycles. The summed E-state index contributed by atoms with van der Waals surface area (Å²) in [5.74, 6) is 0.495. The van der Waals surface area contributed by atoms with Gasteiger partial charge >= 0.3 is 0 Å². The van der Waals surface area contributed by atoms with Gasteiger partial charge in [-0.15, -0.1) is 0 Å². The van der Waals surface area contributed by atoms with Crippen LogP contribution in [0.1, 0.15) is 48.3 Å². The van der Waals surface area contributed by atoms with E-state index < -0.39 is 9.84 Å². The first-order chi connectivity index (χ1) is 12.4. The van der Waals surface area contributed by atoms with Gasteiger partial charge in [-0.1, -0.05) is 30.3 Å². The summed E-state index contributed by atoms with van der Waals surface area (Å²) in [4.78, 5) is 0. The third kappa shape index (κ3) is 4.54. The fourth-order valence-corrected chi connectivity index (χ4v) is 5.37. The molecule has 1 aliphatic rings. The Balaban J connectivity index is 1.58. The van der Waals surface area contributed by atoms with Crippen LogP contribution >= 0.6 is 0 Å². The van der Waals surface area contributed by atoms with Gasteiger partial charge in [-0.2, -0.15) is 5.10 Å². The predicted molar refractivity (Wildman–Crippen MR) is 105 cm³/mol. The summed E-state index contributed by atoms with van der Waals surface area (Å²) in [7, 11) is -2.90. The van der Waals surface area contributed by atoms with Crippen molar-refractivity contribution < 1.29 is 8.42 Å². The van der Waals surface area contributed by atoms with Crippen LogP contribution in [0.5, 0.6) is 0 Å². The number of aromatic nitrogens is 2. The van der Waals surface area contributed by atoms with Crippen molar-refractivity contribution in [1.29, 1.82) is 0 Å². The molecule has 26 heavy (non-hydrogen) atoms. The fourth-order valence-electron chi connectivity index (χ4n) is 3.68. The molecule has 0 unspecified atom stereocenters. The Morgan fingerprint density at radius 1 is 1.27 bits per heavy atom. The van der Waals surface area contributed by atoms with Crippen molar-refractivity contribution in [2.75, 3.05) is 11.5 Å². The van der Waals surface area contributed by atoms with Crippen LogP contribution < -0.4 is 5.32 Å². The van der Waals surface area contributed by atoms with E-state index in [4.69, 9.17) is 0 Å². The topological polar surface area (TPSA) is 64.0 Å². The van der Waals surface area contributed by atoms with Gasteiger partial charge in [0.15, 0.2) is 9.84 Å². The molecule has 0 radical (unpaired) electrons. The van der Waals surface area contributed by atoms with Crippen LogP contribution in [0.3, 0.4) is 0 Å². The lowest BCUT2D eigenvalue weighted by Crippen LogP contribution is -2.26. The Morgan fingerprint density at radius 2 is 2.00 bits per heavy atom. The van der Waals surface area contributed by atoms with Gasteiger partial charge in [-0.3, -0.25) is 4.68 Å². The standard InChI is InChI=1S/C20H29N3O2S/c1-15(9-10-18-7-5-4-6-8-18)21-13-20-16(2)22-23(17(20)3)19-11-12-26(24,25)14-19/h4-8,15,19,21H,9-14H2,1-3H3/t15-,19-/m1/s1. The van der Waals surface area contributed by atoms with Crippen molar-refractivity contribution >= 4 is 9.84 Å². The molecular formula is C20H29N3O2S. The van der Waals surface area contributed by atoms with Crippen molar-refractivity contribution in [1.82, 2.24) is 15.1 Å². The highest BCUT2D eigenvalue weighted by Crippen LogP contribution is 2.26. The van der Waals surface area contributed by atoms with Gasteiger partial charge in [0, 0.05) is 23.8 Å². The summed E-state index contributed by atoms with van der Waals surface area (Å²) in [6, 6.07) is 10.9. The van der Waals surface area contributed by atoms with E-state index in [0.29, 0.717) is 12.5 Å². The summed E-state index contributed by atoms with van der Waals surface area (Å²) in [5.41, 5.74) is 4.64. The smallest absolute Gasteiger partial charge is 0.152 e. The van der Waals surface area contributed by atoms with Crippen LogP contribution in [0.15, 0.2) is 30.3 Å². The molecule has 3 rings (SSSR count). The molecule has 1 N–H and O–H groups in total. The molecule has 0 saturated carbocycles. The van der Waals surface area contributed by atoms with Crippen LogP contribution in [0.25, 0.3) is 0 Å². The highest BCUT2D eigenvalue weighted by atomic mass is 32.2. The maximum Gasteiger partial charge on any atom is 0.152 e. The van der Waals surface area contributed by atoms with Gasteiger partial charge in [0.1, 0.15) is 0 Å². The lowest BCUT2D eigenvalue weighted by atomic mass is 10.1. The molecule has 1 aromatic carbocycles. The average Bonchev–Trinajstić information content (AvgIpc) is 3.11. The normalized spacial score (nSPS) is 20.3. The summed E-state index contributed by atoms with van der Waals surface area (Å²) in [6.07, 6.45) is 2.81. The summed E-state index contributed by atoms with van der Waals surface area (Å²) < 4.78 is 25.5. The minimum absolute atomic E-state index is 0.0112. The second-order valence-electron chi connectivity index (χ2n) is 7.46. The fraction of sp³-hybridized carbons (Fsp3) is 0.550. The average molecular weight is 376 g/mol. The van der Waals surface area contributed by atoms with Crippen LogP contribution in [-0.4, -0.2) is 35.7 Å². The van der Waals surface area contributed by atoms with Gasteiger partial charge in [0.2, 0.25) is 0 Å². The number of hydrogen-bond donors (Lipinski definition) is 1. The van der Waals surface area contributed by atoms with E-state index in [1.54, 1.807) is 0 Å². The van der Waals surface area contributed by atoms with Crippen LogP contribution in [0.4, 0.5) is 0 Å². The maximum atomic E-state index is 11.8. The van der Waals surface area contributed by atoms with Crippen molar-refractivity contribution in [2.24, 2.45) is 0 Å². The molecule has 6 heteroatoms. The number of rotatable bonds is 7. The largest absolute Gasteiger partial charge is 0.310 e. The second-order valence-corrected chi connectivity index (χ2v) is 9.69. The van der Waals surface area contributed by atoms with Crippen molar-refractivity contribution in [3.05, 3.63) is 52.8 Å². The quantitative estimate of drug-likeness (QED) is 0.808. The van der Waals surface area contributed by atoms with E-state index in [1.807, 2.05) is 17.7 Å². The third-order valence-electron chi connectivity index (χ3n) is 5.37. The number of hydrogen-bond acceptors (Lipinski definition) is 4. The number of nitrogens with one attached hydrogen (secondary N) is 1. The first-order valence-corrected chi connectivity index (χ1v) is 11.2. The molecule has 2 heterocycles. The van der Waals surface area contributed by atoms with Crippen molar-refractivity contribution in [2.45, 2.75) is 58.7 Å². The Morgan fingerprint density at radius 3 is 2.65 bits per heavy atom. The molecule has 1 saturated heterocycles. The van der Waals surface area contributed by atoms with Crippen LogP contribution in [0, 0.1) is 13.8 Å². The molecule has 2 aromatic rings. The maximum absolute atomic E-state index is 11.8. The molecule has 0 spiro atoms. The van der Waals surface area contributed by atoms with E-state index in [9.17, 15) is 8.42 Å². The predicted octanol–water partition coefficient (Wildman–Crippen LogP) is 2.97. The first-order valence-electron chi connectivity index (χ1n) is 9.38. The Hall–Kier alpha value is -1.66. The minimum Gasteiger partial charge on any atom is -0.310 e. The number of benzene rings is 1. The monoisotopic (exact) mass is 375 g/mol. The van der Waals surface area contributed by atoms with Gasteiger partial charge in [-0.25, -0.2) is 8.42 Å². The lowest BCUT2D eigenvalue weighted by Gasteiger charge is -2.15. The van der Waals surface area contributed by atoms with Gasteiger partial charge in [0.05, 0.1) is 23.2 Å².